The van der Waals surface area contributed by atoms with Gasteiger partial charge in [-0.1, -0.05) is 48.1 Å². The predicted octanol–water partition coefficient (Wildman–Crippen LogP) is 4.18. The number of hydrogen-bond donors (Lipinski definition) is 1. The van der Waals surface area contributed by atoms with E-state index < -0.39 is 9.84 Å². The quantitative estimate of drug-likeness (QED) is 0.393. The first-order valence-corrected chi connectivity index (χ1v) is 13.4. The average molecular weight is 481 g/mol. The van der Waals surface area contributed by atoms with Crippen molar-refractivity contribution in [1.82, 2.24) is 24.8 Å². The summed E-state index contributed by atoms with van der Waals surface area (Å²) >= 11 is 1.40. The first-order chi connectivity index (χ1) is 16.0. The van der Waals surface area contributed by atoms with Crippen LogP contribution in [0.5, 0.6) is 0 Å². The predicted molar refractivity (Wildman–Crippen MR) is 129 cm³/mol. The standard InChI is InChI=1S/C23H24N6O2S2/c30-33(31,16-17-8-3-1-4-9-17)23-25-18(15-29-12-5-2-6-13-29)14-20(28-23)27-22-26-19-10-7-11-24-21(19)32-22/h1,3-4,7-11,14H,2,5-6,12-13,15-16H2,(H,25,26,27,28). The van der Waals surface area contributed by atoms with Crippen molar-refractivity contribution in [2.24, 2.45) is 0 Å². The van der Waals surface area contributed by atoms with Crippen LogP contribution >= 0.6 is 11.3 Å². The molecule has 3 aromatic heterocycles. The Hall–Kier alpha value is -2.95. The van der Waals surface area contributed by atoms with Crippen molar-refractivity contribution in [2.45, 2.75) is 36.7 Å². The van der Waals surface area contributed by atoms with Gasteiger partial charge < -0.3 is 5.32 Å². The largest absolute Gasteiger partial charge is 0.316 e. The Kier molecular flexibility index (Phi) is 6.30. The summed E-state index contributed by atoms with van der Waals surface area (Å²) in [5.41, 5.74) is 2.17. The second kappa shape index (κ2) is 9.50. The summed E-state index contributed by atoms with van der Waals surface area (Å²) in [6.45, 7) is 2.57. The van der Waals surface area contributed by atoms with Gasteiger partial charge in [0.05, 0.1) is 11.4 Å². The molecule has 0 atom stereocenters. The van der Waals surface area contributed by atoms with Gasteiger partial charge in [0.1, 0.15) is 16.2 Å². The summed E-state index contributed by atoms with van der Waals surface area (Å²) < 4.78 is 26.4. The number of nitrogens with zero attached hydrogens (tertiary/aromatic N) is 5. The third kappa shape index (κ3) is 5.35. The lowest BCUT2D eigenvalue weighted by atomic mass is 10.1. The van der Waals surface area contributed by atoms with Crippen LogP contribution in [0.2, 0.25) is 0 Å². The third-order valence-corrected chi connectivity index (χ3v) is 7.82. The SMILES string of the molecule is O=S(=O)(Cc1ccccc1)c1nc(CN2CCCCC2)cc(Nc2nc3cccnc3s2)n1. The number of nitrogens with one attached hydrogen (secondary N) is 1. The average Bonchev–Trinajstić information content (AvgIpc) is 3.22. The molecule has 4 heterocycles. The molecule has 0 bridgehead atoms. The summed E-state index contributed by atoms with van der Waals surface area (Å²) in [6, 6.07) is 14.6. The molecule has 1 aromatic carbocycles. The van der Waals surface area contributed by atoms with Gasteiger partial charge in [-0.15, -0.1) is 0 Å². The maximum Gasteiger partial charge on any atom is 0.249 e. The number of benzene rings is 1. The van der Waals surface area contributed by atoms with Gasteiger partial charge >= 0.3 is 0 Å². The van der Waals surface area contributed by atoms with Gasteiger partial charge in [-0.2, -0.15) is 0 Å². The summed E-state index contributed by atoms with van der Waals surface area (Å²) in [6.07, 6.45) is 5.25. The van der Waals surface area contributed by atoms with E-state index in [9.17, 15) is 8.42 Å². The van der Waals surface area contributed by atoms with Crippen molar-refractivity contribution in [3.8, 4) is 0 Å². The number of anilines is 2. The number of sulfone groups is 1. The van der Waals surface area contributed by atoms with E-state index in [0.717, 1.165) is 36.3 Å². The fraction of sp³-hybridized carbons (Fsp3) is 0.304. The molecule has 1 N–H and O–H groups in total. The number of aromatic nitrogens is 4. The Labute approximate surface area is 196 Å². The molecule has 0 spiro atoms. The zero-order valence-corrected chi connectivity index (χ0v) is 19.6. The van der Waals surface area contributed by atoms with E-state index in [4.69, 9.17) is 0 Å². The van der Waals surface area contributed by atoms with Crippen LogP contribution in [0.25, 0.3) is 10.3 Å². The molecular formula is C23H24N6O2S2. The van der Waals surface area contributed by atoms with Gasteiger partial charge in [0.25, 0.3) is 0 Å². The normalized spacial score (nSPS) is 15.0. The molecule has 170 valence electrons. The van der Waals surface area contributed by atoms with Crippen LogP contribution in [-0.4, -0.2) is 46.3 Å². The highest BCUT2D eigenvalue weighted by Crippen LogP contribution is 2.27. The minimum Gasteiger partial charge on any atom is -0.316 e. The molecular weight excluding hydrogens is 456 g/mol. The molecule has 4 aromatic rings. The highest BCUT2D eigenvalue weighted by atomic mass is 32.2. The Bertz CT molecular complexity index is 1320. The topological polar surface area (TPSA) is 101 Å². The van der Waals surface area contributed by atoms with Gasteiger partial charge in [-0.25, -0.2) is 28.4 Å². The first kappa shape index (κ1) is 21.9. The molecule has 0 saturated carbocycles. The van der Waals surface area contributed by atoms with Crippen molar-refractivity contribution < 1.29 is 8.42 Å². The van der Waals surface area contributed by atoms with Gasteiger partial charge in [0.15, 0.2) is 5.13 Å². The summed E-state index contributed by atoms with van der Waals surface area (Å²) in [5, 5.41) is 3.63. The molecule has 0 unspecified atom stereocenters. The zero-order chi connectivity index (χ0) is 22.7. The lowest BCUT2D eigenvalue weighted by Crippen LogP contribution is -2.29. The Morgan fingerprint density at radius 2 is 1.79 bits per heavy atom. The Morgan fingerprint density at radius 3 is 2.58 bits per heavy atom. The number of pyridine rings is 1. The van der Waals surface area contributed by atoms with E-state index in [2.05, 4.69) is 30.2 Å². The van der Waals surface area contributed by atoms with Crippen molar-refractivity contribution >= 4 is 42.5 Å². The second-order valence-corrected chi connectivity index (χ2v) is 10.9. The number of hydrogen-bond acceptors (Lipinski definition) is 9. The van der Waals surface area contributed by atoms with Crippen LogP contribution in [0.4, 0.5) is 10.9 Å². The third-order valence-electron chi connectivity index (χ3n) is 5.47. The molecule has 10 heteroatoms. The molecule has 1 saturated heterocycles. The number of rotatable bonds is 7. The molecule has 8 nitrogen and oxygen atoms in total. The van der Waals surface area contributed by atoms with Crippen molar-refractivity contribution in [3.63, 3.8) is 0 Å². The van der Waals surface area contributed by atoms with Crippen LogP contribution in [0.3, 0.4) is 0 Å². The summed E-state index contributed by atoms with van der Waals surface area (Å²) in [4.78, 5) is 20.8. The molecule has 0 radical (unpaired) electrons. The number of thiazole rings is 1. The van der Waals surface area contributed by atoms with E-state index in [1.165, 1.54) is 17.8 Å². The van der Waals surface area contributed by atoms with E-state index in [1.807, 2.05) is 36.4 Å². The zero-order valence-electron chi connectivity index (χ0n) is 18.0. The van der Waals surface area contributed by atoms with Crippen LogP contribution in [0.1, 0.15) is 30.5 Å². The molecule has 1 aliphatic rings. The van der Waals surface area contributed by atoms with Crippen molar-refractivity contribution in [1.29, 1.82) is 0 Å². The van der Waals surface area contributed by atoms with E-state index in [0.29, 0.717) is 28.8 Å². The van der Waals surface area contributed by atoms with Crippen LogP contribution in [0.15, 0.2) is 59.9 Å². The van der Waals surface area contributed by atoms with Crippen molar-refractivity contribution in [3.05, 3.63) is 66.0 Å². The van der Waals surface area contributed by atoms with E-state index >= 15 is 0 Å². The number of piperidine rings is 1. The minimum atomic E-state index is -3.73. The Morgan fingerprint density at radius 1 is 0.970 bits per heavy atom. The van der Waals surface area contributed by atoms with Gasteiger partial charge in [0, 0.05) is 18.8 Å². The van der Waals surface area contributed by atoms with Crippen LogP contribution in [0, 0.1) is 0 Å². The monoisotopic (exact) mass is 480 g/mol. The summed E-state index contributed by atoms with van der Waals surface area (Å²) in [5.74, 6) is 0.272. The molecule has 5 rings (SSSR count). The van der Waals surface area contributed by atoms with Gasteiger partial charge in [-0.3, -0.25) is 4.90 Å². The molecule has 1 fully saturated rings. The number of likely N-dealkylation sites (tertiary alicyclic amines) is 1. The lowest BCUT2D eigenvalue weighted by molar-refractivity contribution is 0.218. The molecule has 33 heavy (non-hydrogen) atoms. The molecule has 0 amide bonds. The number of fused-ring (bicyclic) bond motifs is 1. The van der Waals surface area contributed by atoms with Gasteiger partial charge in [0.2, 0.25) is 15.0 Å². The van der Waals surface area contributed by atoms with Gasteiger partial charge in [-0.05, 0) is 43.6 Å². The maximum atomic E-state index is 13.2. The Balaban J connectivity index is 1.48. The summed E-state index contributed by atoms with van der Waals surface area (Å²) in [7, 11) is -3.73. The minimum absolute atomic E-state index is 0.147. The van der Waals surface area contributed by atoms with Crippen LogP contribution in [-0.2, 0) is 22.1 Å². The van der Waals surface area contributed by atoms with Crippen molar-refractivity contribution in [2.75, 3.05) is 18.4 Å². The lowest BCUT2D eigenvalue weighted by Gasteiger charge is -2.26. The molecule has 1 aliphatic heterocycles. The van der Waals surface area contributed by atoms with E-state index in [1.54, 1.807) is 18.3 Å². The highest BCUT2D eigenvalue weighted by Gasteiger charge is 2.22. The fourth-order valence-corrected chi connectivity index (χ4v) is 5.96. The second-order valence-electron chi connectivity index (χ2n) is 8.08. The van der Waals surface area contributed by atoms with E-state index in [-0.39, 0.29) is 10.9 Å². The first-order valence-electron chi connectivity index (χ1n) is 10.9. The maximum absolute atomic E-state index is 13.2. The highest BCUT2D eigenvalue weighted by molar-refractivity contribution is 7.90. The fourth-order valence-electron chi connectivity index (χ4n) is 3.90. The molecule has 0 aliphatic carbocycles. The smallest absolute Gasteiger partial charge is 0.249 e. The van der Waals surface area contributed by atoms with Crippen LogP contribution < -0.4 is 5.32 Å².